The number of aromatic nitrogens is 1. The number of aryl methyl sites for hydroxylation is 1. The number of amides is 1. The molecule has 0 saturated carbocycles. The first-order valence-electron chi connectivity index (χ1n) is 7.67. The molecular formula is C14H21N3O3S2. The van der Waals surface area contributed by atoms with Crippen LogP contribution in [0.3, 0.4) is 0 Å². The van der Waals surface area contributed by atoms with Crippen molar-refractivity contribution in [3.63, 3.8) is 0 Å². The minimum atomic E-state index is -2.85. The molecular weight excluding hydrogens is 322 g/mol. The van der Waals surface area contributed by atoms with Gasteiger partial charge in [0.25, 0.3) is 5.91 Å². The minimum Gasteiger partial charge on any atom is -0.335 e. The van der Waals surface area contributed by atoms with Crippen LogP contribution in [0.5, 0.6) is 0 Å². The van der Waals surface area contributed by atoms with Crippen LogP contribution in [0, 0.1) is 0 Å². The second-order valence-corrected chi connectivity index (χ2v) is 9.20. The predicted octanol–water partition coefficient (Wildman–Crippen LogP) is 0.650. The molecule has 1 aromatic heterocycles. The lowest BCUT2D eigenvalue weighted by Crippen LogP contribution is -2.52. The fourth-order valence-corrected chi connectivity index (χ4v) is 5.67. The van der Waals surface area contributed by atoms with Crippen molar-refractivity contribution in [3.8, 4) is 0 Å². The fraction of sp³-hybridized carbons (Fsp3) is 0.714. The largest absolute Gasteiger partial charge is 0.335 e. The van der Waals surface area contributed by atoms with Crippen molar-refractivity contribution in [2.24, 2.45) is 0 Å². The van der Waals surface area contributed by atoms with Gasteiger partial charge in [0.15, 0.2) is 9.84 Å². The number of rotatable bonds is 3. The van der Waals surface area contributed by atoms with Crippen molar-refractivity contribution in [1.82, 2.24) is 14.8 Å². The number of hydrogen-bond acceptors (Lipinski definition) is 6. The van der Waals surface area contributed by atoms with Gasteiger partial charge >= 0.3 is 0 Å². The lowest BCUT2D eigenvalue weighted by Gasteiger charge is -2.37. The van der Waals surface area contributed by atoms with Gasteiger partial charge in [0, 0.05) is 32.2 Å². The molecule has 0 unspecified atom stereocenters. The summed E-state index contributed by atoms with van der Waals surface area (Å²) in [6, 6.07) is 0.136. The van der Waals surface area contributed by atoms with Crippen LogP contribution in [0.2, 0.25) is 0 Å². The summed E-state index contributed by atoms with van der Waals surface area (Å²) >= 11 is 1.47. The van der Waals surface area contributed by atoms with Crippen molar-refractivity contribution in [1.29, 1.82) is 0 Å². The van der Waals surface area contributed by atoms with Crippen LogP contribution in [0.1, 0.15) is 28.0 Å². The molecule has 0 spiro atoms. The molecule has 2 aliphatic heterocycles. The standard InChI is InChI=1S/C14H21N3O3S2/c1-2-13-15-9-12(21-13)14(18)17-6-4-16(5-7-17)11-3-8-22(19,20)10-11/h9,11H,2-8,10H2,1H3/t11-/m1/s1. The Bertz CT molecular complexity index is 648. The van der Waals surface area contributed by atoms with E-state index in [1.54, 1.807) is 6.20 Å². The Balaban J connectivity index is 1.56. The van der Waals surface area contributed by atoms with Crippen LogP contribution >= 0.6 is 11.3 Å². The first-order valence-corrected chi connectivity index (χ1v) is 10.3. The van der Waals surface area contributed by atoms with E-state index < -0.39 is 9.84 Å². The highest BCUT2D eigenvalue weighted by molar-refractivity contribution is 7.91. The number of thiazole rings is 1. The first-order chi connectivity index (χ1) is 10.5. The highest BCUT2D eigenvalue weighted by atomic mass is 32.2. The molecule has 1 atom stereocenters. The summed E-state index contributed by atoms with van der Waals surface area (Å²) in [4.78, 5) is 21.5. The van der Waals surface area contributed by atoms with E-state index in [-0.39, 0.29) is 17.7 Å². The van der Waals surface area contributed by atoms with E-state index in [1.807, 2.05) is 11.8 Å². The van der Waals surface area contributed by atoms with Crippen molar-refractivity contribution < 1.29 is 13.2 Å². The number of hydrogen-bond donors (Lipinski definition) is 0. The smallest absolute Gasteiger partial charge is 0.265 e. The molecule has 3 heterocycles. The van der Waals surface area contributed by atoms with Crippen molar-refractivity contribution in [3.05, 3.63) is 16.1 Å². The maximum absolute atomic E-state index is 12.4. The van der Waals surface area contributed by atoms with E-state index in [0.29, 0.717) is 23.7 Å². The molecule has 8 heteroatoms. The number of carbonyl (C=O) groups is 1. The molecule has 0 N–H and O–H groups in total. The van der Waals surface area contributed by atoms with Crippen LogP contribution in [0.25, 0.3) is 0 Å². The molecule has 0 aromatic carbocycles. The normalized spacial score (nSPS) is 25.5. The molecule has 0 bridgehead atoms. The van der Waals surface area contributed by atoms with Gasteiger partial charge in [-0.1, -0.05) is 6.92 Å². The third kappa shape index (κ3) is 3.33. The Labute approximate surface area is 135 Å². The molecule has 3 rings (SSSR count). The lowest BCUT2D eigenvalue weighted by molar-refractivity contribution is 0.0592. The highest BCUT2D eigenvalue weighted by Crippen LogP contribution is 2.21. The van der Waals surface area contributed by atoms with Crippen molar-refractivity contribution in [2.45, 2.75) is 25.8 Å². The summed E-state index contributed by atoms with van der Waals surface area (Å²) in [6.07, 6.45) is 3.24. The van der Waals surface area contributed by atoms with Gasteiger partial charge in [0.2, 0.25) is 0 Å². The minimum absolute atomic E-state index is 0.0518. The maximum atomic E-state index is 12.4. The average molecular weight is 343 g/mol. The van der Waals surface area contributed by atoms with Gasteiger partial charge in [-0.3, -0.25) is 9.69 Å². The van der Waals surface area contributed by atoms with E-state index in [9.17, 15) is 13.2 Å². The van der Waals surface area contributed by atoms with E-state index in [4.69, 9.17) is 0 Å². The van der Waals surface area contributed by atoms with Gasteiger partial charge in [0.05, 0.1) is 22.7 Å². The van der Waals surface area contributed by atoms with Crippen LogP contribution in [0.4, 0.5) is 0 Å². The van der Waals surface area contributed by atoms with E-state index in [2.05, 4.69) is 9.88 Å². The zero-order valence-corrected chi connectivity index (χ0v) is 14.3. The van der Waals surface area contributed by atoms with Gasteiger partial charge in [-0.05, 0) is 12.8 Å². The molecule has 2 saturated heterocycles. The topological polar surface area (TPSA) is 70.6 Å². The van der Waals surface area contributed by atoms with Gasteiger partial charge in [-0.2, -0.15) is 0 Å². The van der Waals surface area contributed by atoms with Gasteiger partial charge in [-0.15, -0.1) is 11.3 Å². The summed E-state index contributed by atoms with van der Waals surface area (Å²) in [6.45, 7) is 4.86. The second kappa shape index (κ2) is 6.25. The molecule has 2 aliphatic rings. The third-order valence-corrected chi connectivity index (χ3v) is 7.27. The van der Waals surface area contributed by atoms with E-state index in [1.165, 1.54) is 11.3 Å². The van der Waals surface area contributed by atoms with Gasteiger partial charge in [0.1, 0.15) is 4.88 Å². The average Bonchev–Trinajstić information content (AvgIpc) is 3.13. The quantitative estimate of drug-likeness (QED) is 0.806. The Morgan fingerprint density at radius 3 is 2.64 bits per heavy atom. The Morgan fingerprint density at radius 1 is 1.36 bits per heavy atom. The first kappa shape index (κ1) is 15.9. The number of nitrogens with zero attached hydrogens (tertiary/aromatic N) is 3. The zero-order valence-electron chi connectivity index (χ0n) is 12.7. The summed E-state index contributed by atoms with van der Waals surface area (Å²) in [5, 5.41) is 0.984. The highest BCUT2D eigenvalue weighted by Gasteiger charge is 2.34. The number of sulfone groups is 1. The van der Waals surface area contributed by atoms with Gasteiger partial charge < -0.3 is 4.90 Å². The Hall–Kier alpha value is -0.990. The van der Waals surface area contributed by atoms with Crippen LogP contribution in [0.15, 0.2) is 6.20 Å². The molecule has 0 radical (unpaired) electrons. The summed E-state index contributed by atoms with van der Waals surface area (Å²) < 4.78 is 23.2. The van der Waals surface area contributed by atoms with E-state index >= 15 is 0 Å². The lowest BCUT2D eigenvalue weighted by atomic mass is 10.2. The van der Waals surface area contributed by atoms with Crippen molar-refractivity contribution in [2.75, 3.05) is 37.7 Å². The molecule has 2 fully saturated rings. The number of carbonyl (C=O) groups excluding carboxylic acids is 1. The Kier molecular flexibility index (Phi) is 4.52. The summed E-state index contributed by atoms with van der Waals surface area (Å²) in [7, 11) is -2.85. The zero-order chi connectivity index (χ0) is 15.7. The monoisotopic (exact) mass is 343 g/mol. The maximum Gasteiger partial charge on any atom is 0.265 e. The molecule has 1 aromatic rings. The summed E-state index contributed by atoms with van der Waals surface area (Å²) in [5.74, 6) is 0.628. The Morgan fingerprint density at radius 2 is 2.09 bits per heavy atom. The van der Waals surface area contributed by atoms with Crippen LogP contribution in [-0.4, -0.2) is 72.8 Å². The molecule has 6 nitrogen and oxygen atoms in total. The van der Waals surface area contributed by atoms with Gasteiger partial charge in [-0.25, -0.2) is 13.4 Å². The van der Waals surface area contributed by atoms with Crippen LogP contribution < -0.4 is 0 Å². The molecule has 1 amide bonds. The second-order valence-electron chi connectivity index (χ2n) is 5.86. The fourth-order valence-electron chi connectivity index (χ4n) is 3.08. The third-order valence-electron chi connectivity index (χ3n) is 4.39. The molecule has 122 valence electrons. The summed E-state index contributed by atoms with van der Waals surface area (Å²) in [5.41, 5.74) is 0. The molecule has 0 aliphatic carbocycles. The number of piperazine rings is 1. The molecule has 22 heavy (non-hydrogen) atoms. The van der Waals surface area contributed by atoms with E-state index in [0.717, 1.165) is 30.9 Å². The predicted molar refractivity (Wildman–Crippen MR) is 86.0 cm³/mol. The van der Waals surface area contributed by atoms with Crippen molar-refractivity contribution >= 4 is 27.1 Å². The van der Waals surface area contributed by atoms with Crippen LogP contribution in [-0.2, 0) is 16.3 Å². The SMILES string of the molecule is CCc1ncc(C(=O)N2CCN([C@@H]3CCS(=O)(=O)C3)CC2)s1.